The number of ether oxygens (including phenoxy) is 1. The van der Waals surface area contributed by atoms with Gasteiger partial charge in [0.25, 0.3) is 0 Å². The number of aromatic nitrogens is 2. The summed E-state index contributed by atoms with van der Waals surface area (Å²) in [6, 6.07) is 0. The molecule has 6 heteroatoms. The third-order valence-corrected chi connectivity index (χ3v) is 6.38. The SMILES string of the molecule is COC1CCC(C(=O)N2CCc3nc([C@@H]4CCN(C)C4)ncc3C2)CC1. The van der Waals surface area contributed by atoms with Crippen molar-refractivity contribution < 1.29 is 9.53 Å². The Labute approximate surface area is 155 Å². The van der Waals surface area contributed by atoms with Gasteiger partial charge in [-0.25, -0.2) is 9.97 Å². The van der Waals surface area contributed by atoms with Crippen molar-refractivity contribution in [2.75, 3.05) is 33.8 Å². The molecule has 0 bridgehead atoms. The fourth-order valence-electron chi connectivity index (χ4n) is 4.67. The van der Waals surface area contributed by atoms with Gasteiger partial charge in [-0.1, -0.05) is 0 Å². The van der Waals surface area contributed by atoms with Crippen LogP contribution >= 0.6 is 0 Å². The van der Waals surface area contributed by atoms with Crippen molar-refractivity contribution in [2.45, 2.75) is 57.1 Å². The van der Waals surface area contributed by atoms with E-state index >= 15 is 0 Å². The van der Waals surface area contributed by atoms with Gasteiger partial charge in [-0.3, -0.25) is 4.79 Å². The summed E-state index contributed by atoms with van der Waals surface area (Å²) >= 11 is 0. The molecule has 1 aromatic rings. The monoisotopic (exact) mass is 358 g/mol. The van der Waals surface area contributed by atoms with Gasteiger partial charge in [-0.15, -0.1) is 0 Å². The highest BCUT2D eigenvalue weighted by Gasteiger charge is 2.32. The molecular weight excluding hydrogens is 328 g/mol. The number of hydrogen-bond donors (Lipinski definition) is 0. The third-order valence-electron chi connectivity index (χ3n) is 6.38. The Morgan fingerprint density at radius 1 is 1.19 bits per heavy atom. The summed E-state index contributed by atoms with van der Waals surface area (Å²) in [5.41, 5.74) is 2.28. The number of hydrogen-bond acceptors (Lipinski definition) is 5. The number of carbonyl (C=O) groups is 1. The molecule has 1 aromatic heterocycles. The van der Waals surface area contributed by atoms with Gasteiger partial charge in [0.1, 0.15) is 5.82 Å². The fourth-order valence-corrected chi connectivity index (χ4v) is 4.67. The largest absolute Gasteiger partial charge is 0.381 e. The van der Waals surface area contributed by atoms with Gasteiger partial charge in [0, 0.05) is 56.8 Å². The molecule has 142 valence electrons. The Morgan fingerprint density at radius 3 is 2.69 bits per heavy atom. The highest BCUT2D eigenvalue weighted by Crippen LogP contribution is 2.30. The van der Waals surface area contributed by atoms with Gasteiger partial charge in [-0.05, 0) is 45.7 Å². The molecule has 2 fully saturated rings. The van der Waals surface area contributed by atoms with Crippen molar-refractivity contribution in [3.05, 3.63) is 23.3 Å². The van der Waals surface area contributed by atoms with Crippen LogP contribution in [0.2, 0.25) is 0 Å². The second-order valence-corrected chi connectivity index (χ2v) is 8.17. The third kappa shape index (κ3) is 3.62. The standard InChI is InChI=1S/C20H30N4O2/c1-23-9-7-15(12-23)19-21-11-16-13-24(10-8-18(16)22-19)20(25)14-3-5-17(26-2)6-4-14/h11,14-15,17H,3-10,12-13H2,1-2H3/t14?,15-,17?/m1/s1. The second-order valence-electron chi connectivity index (χ2n) is 8.17. The van der Waals surface area contributed by atoms with E-state index in [1.807, 2.05) is 11.1 Å². The quantitative estimate of drug-likeness (QED) is 0.827. The summed E-state index contributed by atoms with van der Waals surface area (Å²) in [5, 5.41) is 0. The second kappa shape index (κ2) is 7.61. The smallest absolute Gasteiger partial charge is 0.225 e. The van der Waals surface area contributed by atoms with Gasteiger partial charge in [-0.2, -0.15) is 0 Å². The normalized spacial score (nSPS) is 29.6. The number of carbonyl (C=O) groups excluding carboxylic acids is 1. The van der Waals surface area contributed by atoms with Crippen molar-refractivity contribution >= 4 is 5.91 Å². The molecule has 26 heavy (non-hydrogen) atoms. The molecule has 0 N–H and O–H groups in total. The van der Waals surface area contributed by atoms with Gasteiger partial charge < -0.3 is 14.5 Å². The minimum absolute atomic E-state index is 0.164. The summed E-state index contributed by atoms with van der Waals surface area (Å²) in [4.78, 5) is 26.8. The summed E-state index contributed by atoms with van der Waals surface area (Å²) in [6.45, 7) is 3.63. The molecule has 0 unspecified atom stereocenters. The van der Waals surface area contributed by atoms with E-state index in [0.29, 0.717) is 24.5 Å². The van der Waals surface area contributed by atoms with Gasteiger partial charge in [0.15, 0.2) is 0 Å². The average Bonchev–Trinajstić information content (AvgIpc) is 3.13. The van der Waals surface area contributed by atoms with E-state index in [0.717, 1.165) is 75.2 Å². The lowest BCUT2D eigenvalue weighted by Gasteiger charge is -2.34. The van der Waals surface area contributed by atoms with Crippen molar-refractivity contribution in [3.8, 4) is 0 Å². The first kappa shape index (κ1) is 17.9. The number of fused-ring (bicyclic) bond motifs is 1. The molecule has 1 amide bonds. The first-order valence-corrected chi connectivity index (χ1v) is 9.99. The number of methoxy groups -OCH3 is 1. The molecule has 1 atom stereocenters. The molecular formula is C20H30N4O2. The highest BCUT2D eigenvalue weighted by molar-refractivity contribution is 5.79. The molecule has 3 aliphatic rings. The number of likely N-dealkylation sites (N-methyl/N-ethyl adjacent to an activating group) is 1. The predicted octanol–water partition coefficient (Wildman–Crippen LogP) is 1.99. The fraction of sp³-hybridized carbons (Fsp3) is 0.750. The van der Waals surface area contributed by atoms with Gasteiger partial charge in [0.05, 0.1) is 11.8 Å². The van der Waals surface area contributed by atoms with Crippen LogP contribution in [0.1, 0.15) is 55.1 Å². The Hall–Kier alpha value is -1.53. The predicted molar refractivity (Wildman–Crippen MR) is 98.8 cm³/mol. The lowest BCUT2D eigenvalue weighted by Crippen LogP contribution is -2.41. The van der Waals surface area contributed by atoms with Gasteiger partial charge in [0.2, 0.25) is 5.91 Å². The van der Waals surface area contributed by atoms with E-state index in [2.05, 4.69) is 16.9 Å². The lowest BCUT2D eigenvalue weighted by atomic mass is 9.86. The van der Waals surface area contributed by atoms with Crippen molar-refractivity contribution in [1.29, 1.82) is 0 Å². The maximum Gasteiger partial charge on any atom is 0.225 e. The van der Waals surface area contributed by atoms with E-state index in [4.69, 9.17) is 9.72 Å². The Balaban J connectivity index is 1.39. The topological polar surface area (TPSA) is 58.6 Å². The van der Waals surface area contributed by atoms with Crippen molar-refractivity contribution in [1.82, 2.24) is 19.8 Å². The van der Waals surface area contributed by atoms with E-state index in [-0.39, 0.29) is 5.92 Å². The van der Waals surface area contributed by atoms with Crippen LogP contribution in [0.4, 0.5) is 0 Å². The summed E-state index contributed by atoms with van der Waals surface area (Å²) in [5.74, 6) is 1.93. The molecule has 1 saturated heterocycles. The van der Waals surface area contributed by atoms with Crippen LogP contribution < -0.4 is 0 Å². The maximum absolute atomic E-state index is 12.9. The highest BCUT2D eigenvalue weighted by atomic mass is 16.5. The molecule has 0 aromatic carbocycles. The van der Waals surface area contributed by atoms with E-state index in [9.17, 15) is 4.79 Å². The number of nitrogens with zero attached hydrogens (tertiary/aromatic N) is 4. The Kier molecular flexibility index (Phi) is 5.23. The molecule has 2 aliphatic heterocycles. The van der Waals surface area contributed by atoms with Crippen LogP contribution in [-0.2, 0) is 22.5 Å². The molecule has 0 spiro atoms. The van der Waals surface area contributed by atoms with E-state index in [1.165, 1.54) is 0 Å². The number of rotatable bonds is 3. The first-order chi connectivity index (χ1) is 12.6. The zero-order chi connectivity index (χ0) is 18.1. The van der Waals surface area contributed by atoms with Crippen LogP contribution in [0.25, 0.3) is 0 Å². The molecule has 6 nitrogen and oxygen atoms in total. The van der Waals surface area contributed by atoms with Crippen molar-refractivity contribution in [3.63, 3.8) is 0 Å². The number of amides is 1. The van der Waals surface area contributed by atoms with Crippen LogP contribution in [0.3, 0.4) is 0 Å². The average molecular weight is 358 g/mol. The summed E-state index contributed by atoms with van der Waals surface area (Å²) in [7, 11) is 3.92. The van der Waals surface area contributed by atoms with Gasteiger partial charge >= 0.3 is 0 Å². The maximum atomic E-state index is 12.9. The molecule has 3 heterocycles. The van der Waals surface area contributed by atoms with E-state index in [1.54, 1.807) is 7.11 Å². The molecule has 0 radical (unpaired) electrons. The van der Waals surface area contributed by atoms with Crippen LogP contribution in [0, 0.1) is 5.92 Å². The zero-order valence-corrected chi connectivity index (χ0v) is 16.0. The van der Waals surface area contributed by atoms with Crippen LogP contribution in [-0.4, -0.2) is 65.6 Å². The zero-order valence-electron chi connectivity index (χ0n) is 16.0. The summed E-state index contributed by atoms with van der Waals surface area (Å²) in [6.07, 6.45) is 8.20. The molecule has 1 saturated carbocycles. The summed E-state index contributed by atoms with van der Waals surface area (Å²) < 4.78 is 5.43. The first-order valence-electron chi connectivity index (χ1n) is 9.99. The molecule has 4 rings (SSSR count). The Bertz CT molecular complexity index is 657. The van der Waals surface area contributed by atoms with Crippen LogP contribution in [0.5, 0.6) is 0 Å². The Morgan fingerprint density at radius 2 is 2.00 bits per heavy atom. The van der Waals surface area contributed by atoms with Crippen molar-refractivity contribution in [2.24, 2.45) is 5.92 Å². The lowest BCUT2D eigenvalue weighted by molar-refractivity contribution is -0.138. The minimum atomic E-state index is 0.164. The number of likely N-dealkylation sites (tertiary alicyclic amines) is 1. The minimum Gasteiger partial charge on any atom is -0.381 e. The molecule has 1 aliphatic carbocycles. The van der Waals surface area contributed by atoms with E-state index < -0.39 is 0 Å². The van der Waals surface area contributed by atoms with Crippen LogP contribution in [0.15, 0.2) is 6.20 Å².